The molecule has 0 N–H and O–H groups in total. The molecule has 2 nitrogen and oxygen atoms in total. The maximum Gasteiger partial charge on any atom is 1.00 e. The summed E-state index contributed by atoms with van der Waals surface area (Å²) < 4.78 is 19.4. The Morgan fingerprint density at radius 1 is 1.50 bits per heavy atom. The second-order valence-electron chi connectivity index (χ2n) is 1.25. The molecule has 0 unspecified atom stereocenters. The van der Waals surface area contributed by atoms with Gasteiger partial charge < -0.3 is 0 Å². The van der Waals surface area contributed by atoms with Crippen molar-refractivity contribution in [2.45, 2.75) is 11.4 Å². The number of hydrogen-bond donors (Lipinski definition) is 0. The van der Waals surface area contributed by atoms with Crippen LogP contribution in [0, 0.1) is 0 Å². The molecule has 0 atom stereocenters. The van der Waals surface area contributed by atoms with Crippen molar-refractivity contribution in [3.05, 3.63) is 0 Å². The van der Waals surface area contributed by atoms with E-state index in [2.05, 4.69) is 0 Å². The first-order valence-corrected chi connectivity index (χ1v) is 6.54. The van der Waals surface area contributed by atoms with Crippen molar-refractivity contribution >= 4 is 13.8 Å². The van der Waals surface area contributed by atoms with Gasteiger partial charge in [-0.25, -0.2) is 0 Å². The Morgan fingerprint density at radius 2 is 1.50 bits per heavy atom. The molecule has 0 aliphatic rings. The minimum Gasteiger partial charge on any atom is 1.00 e. The van der Waals surface area contributed by atoms with Crippen molar-refractivity contribution in [2.24, 2.45) is 0 Å². The van der Waals surface area contributed by atoms with E-state index in [1.807, 2.05) is 0 Å². The van der Waals surface area contributed by atoms with Crippen molar-refractivity contribution in [3.8, 4) is 0 Å². The zero-order valence-electron chi connectivity index (χ0n) is 4.26. The monoisotopic (exact) mass is 144 g/mol. The fraction of sp³-hybridized carbons (Fsp3) is 1.00. The quantitative estimate of drug-likeness (QED) is 0.330. The Kier molecular flexibility index (Phi) is 4.99. The largest absolute Gasteiger partial charge is 1.00 e. The fourth-order valence-electron chi connectivity index (χ4n) is 0. The van der Waals surface area contributed by atoms with Crippen molar-refractivity contribution in [2.75, 3.05) is 0 Å². The van der Waals surface area contributed by atoms with Crippen molar-refractivity contribution in [3.63, 3.8) is 0 Å². The number of hydrogen-bond acceptors (Lipinski definition) is 2. The molecule has 0 saturated heterocycles. The molecule has 0 bridgehead atoms. The molecule has 0 aromatic carbocycles. The summed E-state index contributed by atoms with van der Waals surface area (Å²) in [6.45, 7) is 0. The van der Waals surface area contributed by atoms with Gasteiger partial charge in [-0.15, -0.1) is 0 Å². The summed E-state index contributed by atoms with van der Waals surface area (Å²) in [5.74, 6) is 0. The standard InChI is InChI=1S/C2H7AsO2.Li/c1-3(2,4)5;/h1-2H3,(H,4,5);/q;+1/p-1. The summed E-state index contributed by atoms with van der Waals surface area (Å²) in [5.41, 5.74) is 2.50. The Morgan fingerprint density at radius 3 is 1.50 bits per heavy atom. The van der Waals surface area contributed by atoms with Gasteiger partial charge in [0.05, 0.1) is 0 Å². The molecule has 0 aromatic rings. The second-order valence-corrected chi connectivity index (χ2v) is 6.51. The zero-order valence-corrected chi connectivity index (χ0v) is 6.14. The molecular formula is C2H6AsLiO2. The van der Waals surface area contributed by atoms with E-state index >= 15 is 0 Å². The molecule has 0 rings (SSSR count). The molecule has 0 aliphatic carbocycles. The molecule has 0 amide bonds. The van der Waals surface area contributed by atoms with Gasteiger partial charge in [-0.05, 0) is 0 Å². The average Bonchev–Trinajstić information content (AvgIpc) is 0.722. The van der Waals surface area contributed by atoms with Gasteiger partial charge in [0.2, 0.25) is 0 Å². The Hall–Kier alpha value is 0.916. The van der Waals surface area contributed by atoms with Crippen molar-refractivity contribution < 1.29 is 26.7 Å². The minimum absolute atomic E-state index is 0. The summed E-state index contributed by atoms with van der Waals surface area (Å²) in [6, 6.07) is 0. The third-order valence-corrected chi connectivity index (χ3v) is 0. The molecule has 4 heteroatoms. The molecule has 0 aromatic heterocycles. The third-order valence-electron chi connectivity index (χ3n) is 0. The second kappa shape index (κ2) is 2.99. The van der Waals surface area contributed by atoms with Gasteiger partial charge in [0, 0.05) is 0 Å². The Bertz CT molecular complexity index is 57.7. The van der Waals surface area contributed by atoms with E-state index in [0.717, 1.165) is 0 Å². The topological polar surface area (TPSA) is 40.1 Å². The van der Waals surface area contributed by atoms with Crippen LogP contribution in [0.2, 0.25) is 11.4 Å². The smallest absolute Gasteiger partial charge is 1.00 e. The van der Waals surface area contributed by atoms with Crippen LogP contribution in [0.25, 0.3) is 0 Å². The van der Waals surface area contributed by atoms with Crippen LogP contribution in [0.5, 0.6) is 0 Å². The average molecular weight is 144 g/mol. The zero-order chi connectivity index (χ0) is 4.50. The predicted octanol–water partition coefficient (Wildman–Crippen LogP) is -3.52. The maximum absolute atomic E-state index is 9.72. The van der Waals surface area contributed by atoms with Gasteiger partial charge >= 0.3 is 52.0 Å². The van der Waals surface area contributed by atoms with E-state index in [1.165, 1.54) is 11.4 Å². The van der Waals surface area contributed by atoms with E-state index in [4.69, 9.17) is 0 Å². The fourth-order valence-corrected chi connectivity index (χ4v) is 0. The summed E-state index contributed by atoms with van der Waals surface area (Å²) >= 11 is -3.38. The maximum atomic E-state index is 9.72. The SMILES string of the molecule is C[As](C)(=O)[O-].[Li+]. The van der Waals surface area contributed by atoms with Crippen LogP contribution in [-0.2, 0) is 3.74 Å². The summed E-state index contributed by atoms with van der Waals surface area (Å²) in [5, 5.41) is 0. The van der Waals surface area contributed by atoms with Crippen molar-refractivity contribution in [1.29, 1.82) is 0 Å². The van der Waals surface area contributed by atoms with E-state index in [1.54, 1.807) is 0 Å². The van der Waals surface area contributed by atoms with Crippen LogP contribution in [0.4, 0.5) is 0 Å². The molecule has 0 heterocycles. The molecule has 0 spiro atoms. The molecule has 0 fully saturated rings. The molecule has 0 saturated carbocycles. The third kappa shape index (κ3) is 89.9. The number of rotatable bonds is 0. The summed E-state index contributed by atoms with van der Waals surface area (Å²) in [6.07, 6.45) is 0. The van der Waals surface area contributed by atoms with E-state index in [-0.39, 0.29) is 18.9 Å². The van der Waals surface area contributed by atoms with Crippen LogP contribution in [0.15, 0.2) is 0 Å². The van der Waals surface area contributed by atoms with Gasteiger partial charge in [0.1, 0.15) is 0 Å². The first kappa shape index (κ1) is 10.0. The molecule has 32 valence electrons. The van der Waals surface area contributed by atoms with E-state index in [0.29, 0.717) is 0 Å². The first-order chi connectivity index (χ1) is 2.00. The normalized spacial score (nSPS) is 9.83. The van der Waals surface area contributed by atoms with Gasteiger partial charge in [-0.2, -0.15) is 0 Å². The van der Waals surface area contributed by atoms with Crippen LogP contribution in [0.3, 0.4) is 0 Å². The molecule has 6 heavy (non-hydrogen) atoms. The summed E-state index contributed by atoms with van der Waals surface area (Å²) in [4.78, 5) is 0. The van der Waals surface area contributed by atoms with Crippen LogP contribution in [-0.4, -0.2) is 13.8 Å². The minimum atomic E-state index is -3.38. The van der Waals surface area contributed by atoms with Crippen LogP contribution < -0.4 is 23.0 Å². The Balaban J connectivity index is 0. The van der Waals surface area contributed by atoms with Crippen molar-refractivity contribution in [1.82, 2.24) is 0 Å². The van der Waals surface area contributed by atoms with Gasteiger partial charge in [0.25, 0.3) is 0 Å². The Labute approximate surface area is 52.1 Å². The van der Waals surface area contributed by atoms with E-state index < -0.39 is 13.8 Å². The summed E-state index contributed by atoms with van der Waals surface area (Å²) in [7, 11) is 0. The molecule has 0 aliphatic heterocycles. The van der Waals surface area contributed by atoms with Gasteiger partial charge in [-0.1, -0.05) is 0 Å². The molecular weight excluding hydrogens is 138 g/mol. The van der Waals surface area contributed by atoms with E-state index in [9.17, 15) is 7.84 Å². The van der Waals surface area contributed by atoms with Crippen LogP contribution >= 0.6 is 0 Å². The predicted molar refractivity (Wildman–Crippen MR) is 18.2 cm³/mol. The van der Waals surface area contributed by atoms with Gasteiger partial charge in [0.15, 0.2) is 0 Å². The van der Waals surface area contributed by atoms with Crippen LogP contribution in [0.1, 0.15) is 0 Å². The molecule has 0 radical (unpaired) electrons. The van der Waals surface area contributed by atoms with Gasteiger partial charge in [-0.3, -0.25) is 0 Å². The first-order valence-electron chi connectivity index (χ1n) is 1.26.